The Labute approximate surface area is 78.8 Å². The van der Waals surface area contributed by atoms with Crippen LogP contribution in [0.4, 0.5) is 5.82 Å². The van der Waals surface area contributed by atoms with Crippen molar-refractivity contribution in [3.63, 3.8) is 0 Å². The smallest absolute Gasteiger partial charge is 0.188 e. The minimum atomic E-state index is 0.391. The van der Waals surface area contributed by atoms with Crippen LogP contribution >= 0.6 is 11.8 Å². The second-order valence-electron chi connectivity index (χ2n) is 2.35. The fourth-order valence-electron chi connectivity index (χ4n) is 0.955. The molecule has 0 saturated heterocycles. The van der Waals surface area contributed by atoms with Crippen molar-refractivity contribution in [2.75, 3.05) is 12.0 Å². The zero-order valence-corrected chi connectivity index (χ0v) is 7.75. The van der Waals surface area contributed by atoms with E-state index in [9.17, 15) is 0 Å². The molecule has 0 fully saturated rings. The number of aromatic nitrogens is 4. The quantitative estimate of drug-likeness (QED) is 0.531. The van der Waals surface area contributed by atoms with Crippen molar-refractivity contribution in [1.82, 2.24) is 19.9 Å². The van der Waals surface area contributed by atoms with Crippen LogP contribution in [0, 0.1) is 0 Å². The van der Waals surface area contributed by atoms with Crippen molar-refractivity contribution in [2.24, 2.45) is 0 Å². The molecule has 2 N–H and O–H groups in total. The standard InChI is InChI=1S/C7H7N5S/c1-13-7-9-2-4-5(12-7)6(8)11-3-10-4/h2-3H,1H3,(H2,8,10,11). The van der Waals surface area contributed by atoms with Crippen LogP contribution in [0.2, 0.25) is 0 Å². The average Bonchev–Trinajstić information content (AvgIpc) is 2.18. The van der Waals surface area contributed by atoms with E-state index >= 15 is 0 Å². The summed E-state index contributed by atoms with van der Waals surface area (Å²) in [6, 6.07) is 0. The van der Waals surface area contributed by atoms with Gasteiger partial charge in [0.1, 0.15) is 17.4 Å². The van der Waals surface area contributed by atoms with Gasteiger partial charge < -0.3 is 5.73 Å². The number of anilines is 1. The number of nitrogens with two attached hydrogens (primary N) is 1. The second-order valence-corrected chi connectivity index (χ2v) is 3.12. The van der Waals surface area contributed by atoms with Crippen LogP contribution in [-0.4, -0.2) is 26.2 Å². The van der Waals surface area contributed by atoms with Crippen LogP contribution in [0.15, 0.2) is 17.7 Å². The van der Waals surface area contributed by atoms with Crippen LogP contribution in [0.3, 0.4) is 0 Å². The van der Waals surface area contributed by atoms with Gasteiger partial charge in [-0.2, -0.15) is 0 Å². The van der Waals surface area contributed by atoms with Gasteiger partial charge >= 0.3 is 0 Å². The lowest BCUT2D eigenvalue weighted by Gasteiger charge is -1.99. The molecule has 2 aromatic rings. The number of nitrogens with zero attached hydrogens (tertiary/aromatic N) is 4. The monoisotopic (exact) mass is 193 g/mol. The normalized spacial score (nSPS) is 10.5. The Morgan fingerprint density at radius 1 is 1.31 bits per heavy atom. The maximum Gasteiger partial charge on any atom is 0.188 e. The molecule has 2 heterocycles. The number of fused-ring (bicyclic) bond motifs is 1. The molecule has 6 heteroatoms. The lowest BCUT2D eigenvalue weighted by Crippen LogP contribution is -1.97. The molecule has 0 aliphatic carbocycles. The summed E-state index contributed by atoms with van der Waals surface area (Å²) < 4.78 is 0. The largest absolute Gasteiger partial charge is 0.382 e. The number of rotatable bonds is 1. The molecule has 5 nitrogen and oxygen atoms in total. The summed E-state index contributed by atoms with van der Waals surface area (Å²) in [4.78, 5) is 16.1. The van der Waals surface area contributed by atoms with Crippen LogP contribution in [0.1, 0.15) is 0 Å². The van der Waals surface area contributed by atoms with Crippen molar-refractivity contribution < 1.29 is 0 Å². The van der Waals surface area contributed by atoms with Gasteiger partial charge in [-0.25, -0.2) is 19.9 Å². The molecule has 0 aromatic carbocycles. The van der Waals surface area contributed by atoms with E-state index in [0.29, 0.717) is 22.0 Å². The first-order chi connectivity index (χ1) is 6.31. The van der Waals surface area contributed by atoms with E-state index in [1.807, 2.05) is 6.26 Å². The highest BCUT2D eigenvalue weighted by Gasteiger charge is 2.03. The number of hydrogen-bond acceptors (Lipinski definition) is 6. The molecule has 13 heavy (non-hydrogen) atoms. The first-order valence-electron chi connectivity index (χ1n) is 3.58. The zero-order valence-electron chi connectivity index (χ0n) is 6.93. The third kappa shape index (κ3) is 1.40. The maximum absolute atomic E-state index is 5.63. The Hall–Kier alpha value is -1.43. The Kier molecular flexibility index (Phi) is 1.97. The van der Waals surface area contributed by atoms with Gasteiger partial charge in [0.25, 0.3) is 0 Å². The highest BCUT2D eigenvalue weighted by Crippen LogP contribution is 2.16. The van der Waals surface area contributed by atoms with Crippen molar-refractivity contribution in [3.05, 3.63) is 12.5 Å². The molecule has 0 radical (unpaired) electrons. The fourth-order valence-corrected chi connectivity index (χ4v) is 1.30. The van der Waals surface area contributed by atoms with Gasteiger partial charge in [-0.3, -0.25) is 0 Å². The molecular weight excluding hydrogens is 186 g/mol. The van der Waals surface area contributed by atoms with Crippen molar-refractivity contribution in [2.45, 2.75) is 5.16 Å². The molecule has 0 amide bonds. The highest BCUT2D eigenvalue weighted by molar-refractivity contribution is 7.98. The molecular formula is C7H7N5S. The molecule has 0 spiro atoms. The Morgan fingerprint density at radius 3 is 2.92 bits per heavy atom. The molecule has 0 atom stereocenters. The van der Waals surface area contributed by atoms with Crippen molar-refractivity contribution in [3.8, 4) is 0 Å². The summed E-state index contributed by atoms with van der Waals surface area (Å²) in [6.07, 6.45) is 4.95. The molecule has 0 saturated carbocycles. The van der Waals surface area contributed by atoms with Crippen LogP contribution in [0.25, 0.3) is 11.0 Å². The minimum absolute atomic E-state index is 0.391. The van der Waals surface area contributed by atoms with Crippen LogP contribution in [0.5, 0.6) is 0 Å². The van der Waals surface area contributed by atoms with Crippen molar-refractivity contribution >= 4 is 28.6 Å². The van der Waals surface area contributed by atoms with E-state index < -0.39 is 0 Å². The number of thioether (sulfide) groups is 1. The molecule has 2 aromatic heterocycles. The van der Waals surface area contributed by atoms with E-state index in [1.54, 1.807) is 6.20 Å². The predicted octanol–water partition coefficient (Wildman–Crippen LogP) is 0.724. The van der Waals surface area contributed by atoms with E-state index in [-0.39, 0.29) is 0 Å². The molecule has 0 unspecified atom stereocenters. The zero-order chi connectivity index (χ0) is 9.26. The van der Waals surface area contributed by atoms with Gasteiger partial charge in [0.15, 0.2) is 11.0 Å². The number of hydrogen-bond donors (Lipinski definition) is 1. The highest BCUT2D eigenvalue weighted by atomic mass is 32.2. The topological polar surface area (TPSA) is 77.6 Å². The van der Waals surface area contributed by atoms with Gasteiger partial charge in [-0.1, -0.05) is 11.8 Å². The third-order valence-corrected chi connectivity index (χ3v) is 2.13. The van der Waals surface area contributed by atoms with E-state index in [4.69, 9.17) is 5.73 Å². The van der Waals surface area contributed by atoms with Gasteiger partial charge in [0.05, 0.1) is 6.20 Å². The Balaban J connectivity index is 2.74. The van der Waals surface area contributed by atoms with E-state index in [0.717, 1.165) is 0 Å². The summed E-state index contributed by atoms with van der Waals surface area (Å²) >= 11 is 1.46. The van der Waals surface area contributed by atoms with Crippen LogP contribution in [-0.2, 0) is 0 Å². The molecule has 66 valence electrons. The summed E-state index contributed by atoms with van der Waals surface area (Å²) in [5, 5.41) is 0.675. The first kappa shape index (κ1) is 8.18. The van der Waals surface area contributed by atoms with Gasteiger partial charge in [0.2, 0.25) is 0 Å². The average molecular weight is 193 g/mol. The Bertz CT molecular complexity index is 444. The molecule has 0 bridgehead atoms. The summed E-state index contributed by atoms with van der Waals surface area (Å²) in [6.45, 7) is 0. The van der Waals surface area contributed by atoms with Crippen LogP contribution < -0.4 is 5.73 Å². The lowest BCUT2D eigenvalue weighted by atomic mass is 10.4. The summed E-state index contributed by atoms with van der Waals surface area (Å²) in [5.41, 5.74) is 6.91. The predicted molar refractivity (Wildman–Crippen MR) is 51.3 cm³/mol. The van der Waals surface area contributed by atoms with E-state index in [2.05, 4.69) is 19.9 Å². The molecule has 0 aliphatic rings. The number of nitrogen functional groups attached to an aromatic ring is 1. The maximum atomic E-state index is 5.63. The van der Waals surface area contributed by atoms with E-state index in [1.165, 1.54) is 18.1 Å². The molecule has 2 rings (SSSR count). The second kappa shape index (κ2) is 3.14. The molecule has 0 aliphatic heterocycles. The first-order valence-corrected chi connectivity index (χ1v) is 4.81. The Morgan fingerprint density at radius 2 is 2.15 bits per heavy atom. The lowest BCUT2D eigenvalue weighted by molar-refractivity contribution is 0.994. The third-order valence-electron chi connectivity index (χ3n) is 1.57. The van der Waals surface area contributed by atoms with Crippen molar-refractivity contribution in [1.29, 1.82) is 0 Å². The fraction of sp³-hybridized carbons (Fsp3) is 0.143. The summed E-state index contributed by atoms with van der Waals surface area (Å²) in [7, 11) is 0. The SMILES string of the molecule is CSc1ncc2ncnc(N)c2n1. The van der Waals surface area contributed by atoms with Gasteiger partial charge in [-0.15, -0.1) is 0 Å². The minimum Gasteiger partial charge on any atom is -0.382 e. The van der Waals surface area contributed by atoms with Gasteiger partial charge in [0, 0.05) is 0 Å². The van der Waals surface area contributed by atoms with Gasteiger partial charge in [-0.05, 0) is 6.26 Å². The summed E-state index contributed by atoms with van der Waals surface area (Å²) in [5.74, 6) is 0.391.